The molecule has 0 aliphatic carbocycles. The quantitative estimate of drug-likeness (QED) is 0.718. The molecule has 0 fully saturated rings. The lowest BCUT2D eigenvalue weighted by atomic mass is 10.1. The fourth-order valence-corrected chi connectivity index (χ4v) is 1.36. The highest BCUT2D eigenvalue weighted by Gasteiger charge is 2.29. The van der Waals surface area contributed by atoms with Gasteiger partial charge in [-0.1, -0.05) is 12.1 Å². The summed E-state index contributed by atoms with van der Waals surface area (Å²) >= 11 is 0. The van der Waals surface area contributed by atoms with Gasteiger partial charge in [0.25, 0.3) is 0 Å². The summed E-state index contributed by atoms with van der Waals surface area (Å²) in [6, 6.07) is 4.28. The predicted molar refractivity (Wildman–Crippen MR) is 65.4 cm³/mol. The molecular formula is C12H16F3N3O. The minimum atomic E-state index is -4.34. The molecule has 0 bridgehead atoms. The van der Waals surface area contributed by atoms with Crippen molar-refractivity contribution in [2.24, 2.45) is 5.73 Å². The molecule has 0 spiro atoms. The molecule has 4 N–H and O–H groups in total. The Bertz CT molecular complexity index is 404. The van der Waals surface area contributed by atoms with Crippen LogP contribution < -0.4 is 16.4 Å². The topological polar surface area (TPSA) is 67.1 Å². The molecule has 106 valence electrons. The zero-order chi connectivity index (χ0) is 14.3. The molecule has 0 saturated carbocycles. The fraction of sp³-hybridized carbons (Fsp3) is 0.417. The van der Waals surface area contributed by atoms with Crippen molar-refractivity contribution in [3.8, 4) is 0 Å². The van der Waals surface area contributed by atoms with Gasteiger partial charge in [0.05, 0.1) is 5.56 Å². The third-order valence-corrected chi connectivity index (χ3v) is 2.40. The van der Waals surface area contributed by atoms with Crippen molar-refractivity contribution in [2.45, 2.75) is 19.1 Å². The summed E-state index contributed by atoms with van der Waals surface area (Å²) < 4.78 is 36.9. The summed E-state index contributed by atoms with van der Waals surface area (Å²) in [5, 5.41) is 5.12. The highest BCUT2D eigenvalue weighted by atomic mass is 19.4. The molecule has 2 amide bonds. The molecule has 0 aromatic heterocycles. The maximum absolute atomic E-state index is 12.3. The summed E-state index contributed by atoms with van der Waals surface area (Å²) in [4.78, 5) is 11.3. The molecule has 0 radical (unpaired) electrons. The molecule has 1 aromatic rings. The molecule has 0 aliphatic rings. The van der Waals surface area contributed by atoms with Crippen LogP contribution in [0.3, 0.4) is 0 Å². The third-order valence-electron chi connectivity index (χ3n) is 2.40. The second-order valence-corrected chi connectivity index (χ2v) is 3.95. The Kier molecular flexibility index (Phi) is 5.62. The van der Waals surface area contributed by atoms with Gasteiger partial charge in [0.15, 0.2) is 0 Å². The number of carbonyl (C=O) groups is 1. The Morgan fingerprint density at radius 1 is 1.16 bits per heavy atom. The van der Waals surface area contributed by atoms with E-state index in [-0.39, 0.29) is 12.6 Å². The smallest absolute Gasteiger partial charge is 0.338 e. The third kappa shape index (κ3) is 5.60. The first-order valence-electron chi connectivity index (χ1n) is 5.81. The van der Waals surface area contributed by atoms with Gasteiger partial charge in [-0.05, 0) is 30.7 Å². The number of rotatable bonds is 5. The number of alkyl halides is 3. The van der Waals surface area contributed by atoms with Crippen molar-refractivity contribution < 1.29 is 18.0 Å². The van der Waals surface area contributed by atoms with Gasteiger partial charge in [0.2, 0.25) is 0 Å². The van der Waals surface area contributed by atoms with Crippen LogP contribution >= 0.6 is 0 Å². The van der Waals surface area contributed by atoms with Crippen LogP contribution in [-0.2, 0) is 12.7 Å². The van der Waals surface area contributed by atoms with Crippen LogP contribution in [0.5, 0.6) is 0 Å². The van der Waals surface area contributed by atoms with Gasteiger partial charge in [0, 0.05) is 13.1 Å². The van der Waals surface area contributed by atoms with Crippen molar-refractivity contribution in [2.75, 3.05) is 13.1 Å². The van der Waals surface area contributed by atoms with Crippen molar-refractivity contribution >= 4 is 6.03 Å². The van der Waals surface area contributed by atoms with Gasteiger partial charge in [-0.25, -0.2) is 4.79 Å². The van der Waals surface area contributed by atoms with Crippen LogP contribution in [0.25, 0.3) is 0 Å². The normalized spacial score (nSPS) is 11.2. The number of nitrogens with two attached hydrogens (primary N) is 1. The number of amides is 2. The minimum Gasteiger partial charge on any atom is -0.338 e. The molecule has 0 saturated heterocycles. The molecule has 0 unspecified atom stereocenters. The number of nitrogens with one attached hydrogen (secondary N) is 2. The van der Waals surface area contributed by atoms with Gasteiger partial charge in [-0.15, -0.1) is 0 Å². The Labute approximate surface area is 109 Å². The number of hydrogen-bond acceptors (Lipinski definition) is 2. The lowest BCUT2D eigenvalue weighted by Crippen LogP contribution is -2.36. The number of carbonyl (C=O) groups excluding carboxylic acids is 1. The first-order valence-corrected chi connectivity index (χ1v) is 5.81. The van der Waals surface area contributed by atoms with E-state index in [1.807, 2.05) is 0 Å². The first kappa shape index (κ1) is 15.3. The highest BCUT2D eigenvalue weighted by Crippen LogP contribution is 2.28. The first-order chi connectivity index (χ1) is 8.93. The second kappa shape index (κ2) is 6.98. The van der Waals surface area contributed by atoms with E-state index in [1.54, 1.807) is 0 Å². The summed E-state index contributed by atoms with van der Waals surface area (Å²) in [5.41, 5.74) is 5.16. The van der Waals surface area contributed by atoms with Gasteiger partial charge >= 0.3 is 12.2 Å². The van der Waals surface area contributed by atoms with E-state index in [0.717, 1.165) is 12.1 Å². The van der Waals surface area contributed by atoms with E-state index in [0.29, 0.717) is 25.1 Å². The Morgan fingerprint density at radius 2 is 1.79 bits per heavy atom. The SMILES string of the molecule is NCCCNC(=O)NCc1ccc(C(F)(F)F)cc1. The van der Waals surface area contributed by atoms with Gasteiger partial charge in [-0.2, -0.15) is 13.2 Å². The lowest BCUT2D eigenvalue weighted by molar-refractivity contribution is -0.137. The van der Waals surface area contributed by atoms with E-state index in [2.05, 4.69) is 10.6 Å². The second-order valence-electron chi connectivity index (χ2n) is 3.95. The van der Waals surface area contributed by atoms with E-state index in [9.17, 15) is 18.0 Å². The van der Waals surface area contributed by atoms with Crippen LogP contribution in [-0.4, -0.2) is 19.1 Å². The summed E-state index contributed by atoms with van der Waals surface area (Å²) in [6.45, 7) is 1.13. The van der Waals surface area contributed by atoms with E-state index < -0.39 is 11.7 Å². The standard InChI is InChI=1S/C12H16F3N3O/c13-12(14,15)10-4-2-9(3-5-10)8-18-11(19)17-7-1-6-16/h2-5H,1,6-8,16H2,(H2,17,18,19). The van der Waals surface area contributed by atoms with Crippen LogP contribution in [0.4, 0.5) is 18.0 Å². The molecule has 0 atom stereocenters. The number of hydrogen-bond donors (Lipinski definition) is 3. The van der Waals surface area contributed by atoms with Crippen LogP contribution in [0.15, 0.2) is 24.3 Å². The fourth-order valence-electron chi connectivity index (χ4n) is 1.36. The Morgan fingerprint density at radius 3 is 2.32 bits per heavy atom. The molecule has 0 heterocycles. The maximum Gasteiger partial charge on any atom is 0.416 e. The molecule has 19 heavy (non-hydrogen) atoms. The zero-order valence-corrected chi connectivity index (χ0v) is 10.3. The maximum atomic E-state index is 12.3. The van der Waals surface area contributed by atoms with Gasteiger partial charge < -0.3 is 16.4 Å². The minimum absolute atomic E-state index is 0.173. The zero-order valence-electron chi connectivity index (χ0n) is 10.3. The molecule has 4 nitrogen and oxygen atoms in total. The van der Waals surface area contributed by atoms with Crippen molar-refractivity contribution in [1.29, 1.82) is 0 Å². The summed E-state index contributed by atoms with van der Waals surface area (Å²) in [6.07, 6.45) is -3.67. The van der Waals surface area contributed by atoms with Crippen molar-refractivity contribution in [3.05, 3.63) is 35.4 Å². The van der Waals surface area contributed by atoms with Crippen LogP contribution in [0.2, 0.25) is 0 Å². The van der Waals surface area contributed by atoms with Crippen molar-refractivity contribution in [1.82, 2.24) is 10.6 Å². The number of benzene rings is 1. The number of urea groups is 1. The number of halogens is 3. The largest absolute Gasteiger partial charge is 0.416 e. The van der Waals surface area contributed by atoms with Gasteiger partial charge in [-0.3, -0.25) is 0 Å². The van der Waals surface area contributed by atoms with Crippen molar-refractivity contribution in [3.63, 3.8) is 0 Å². The molecule has 1 rings (SSSR count). The average molecular weight is 275 g/mol. The molecule has 1 aromatic carbocycles. The Balaban J connectivity index is 2.40. The van der Waals surface area contributed by atoms with Crippen LogP contribution in [0.1, 0.15) is 17.5 Å². The molecular weight excluding hydrogens is 259 g/mol. The lowest BCUT2D eigenvalue weighted by Gasteiger charge is -2.09. The van der Waals surface area contributed by atoms with E-state index >= 15 is 0 Å². The Hall–Kier alpha value is -1.76. The molecule has 0 aliphatic heterocycles. The predicted octanol–water partition coefficient (Wildman–Crippen LogP) is 1.85. The van der Waals surface area contributed by atoms with E-state index in [4.69, 9.17) is 5.73 Å². The van der Waals surface area contributed by atoms with Crippen LogP contribution in [0, 0.1) is 0 Å². The summed E-state index contributed by atoms with van der Waals surface area (Å²) in [7, 11) is 0. The average Bonchev–Trinajstić information content (AvgIpc) is 2.36. The van der Waals surface area contributed by atoms with Gasteiger partial charge in [0.1, 0.15) is 0 Å². The highest BCUT2D eigenvalue weighted by molar-refractivity contribution is 5.73. The summed E-state index contributed by atoms with van der Waals surface area (Å²) in [5.74, 6) is 0. The monoisotopic (exact) mass is 275 g/mol. The molecule has 7 heteroatoms. The van der Waals surface area contributed by atoms with E-state index in [1.165, 1.54) is 12.1 Å².